The van der Waals surface area contributed by atoms with Crippen molar-refractivity contribution in [2.45, 2.75) is 71.8 Å². The Kier molecular flexibility index (Phi) is 8.03. The fraction of sp³-hybridized carbons (Fsp3) is 0.619. The molecular formula is C21H35N3S2. The number of nitrogens with zero attached hydrogens (tertiary/aromatic N) is 2. The Labute approximate surface area is 171 Å². The molecule has 1 N–H and O–H groups in total. The lowest BCUT2D eigenvalue weighted by atomic mass is 9.78. The van der Waals surface area contributed by atoms with Gasteiger partial charge in [0, 0.05) is 25.3 Å². The van der Waals surface area contributed by atoms with Crippen LogP contribution in [0.5, 0.6) is 0 Å². The van der Waals surface area contributed by atoms with Gasteiger partial charge in [0.1, 0.15) is 0 Å². The molecule has 0 aliphatic heterocycles. The summed E-state index contributed by atoms with van der Waals surface area (Å²) in [5.41, 5.74) is 2.57. The normalized spacial score (nSPS) is 11.8. The van der Waals surface area contributed by atoms with E-state index in [0.717, 1.165) is 24.9 Å². The van der Waals surface area contributed by atoms with Gasteiger partial charge in [-0.2, -0.15) is 0 Å². The Hall–Kier alpha value is -1.20. The molecule has 146 valence electrons. The highest BCUT2D eigenvalue weighted by Gasteiger charge is 2.30. The Morgan fingerprint density at radius 1 is 0.885 bits per heavy atom. The van der Waals surface area contributed by atoms with E-state index in [-0.39, 0.29) is 11.0 Å². The van der Waals surface area contributed by atoms with Gasteiger partial charge < -0.3 is 15.1 Å². The fourth-order valence-corrected chi connectivity index (χ4v) is 3.44. The zero-order valence-electron chi connectivity index (χ0n) is 17.6. The van der Waals surface area contributed by atoms with Gasteiger partial charge in [0.25, 0.3) is 0 Å². The second-order valence-electron chi connectivity index (χ2n) is 7.95. The first-order chi connectivity index (χ1) is 12.0. The number of rotatable bonds is 6. The Bertz CT molecular complexity index is 617. The van der Waals surface area contributed by atoms with Crippen molar-refractivity contribution in [1.29, 1.82) is 0 Å². The standard InChI is InChI=1S/C21H35N3S2/c1-9-20(4,5)24(19(26)22-18(25)23(7)8)17-14-12-16(13-15-17)21(6,10-2)11-3/h12-15H,9-11H2,1-8H3,(H,22,25,26). The average Bonchev–Trinajstić information content (AvgIpc) is 2.61. The van der Waals surface area contributed by atoms with Crippen molar-refractivity contribution < 1.29 is 0 Å². The molecule has 0 saturated heterocycles. The summed E-state index contributed by atoms with van der Waals surface area (Å²) in [4.78, 5) is 4.03. The first kappa shape index (κ1) is 22.8. The highest BCUT2D eigenvalue weighted by Crippen LogP contribution is 2.34. The van der Waals surface area contributed by atoms with Crippen LogP contribution in [0.3, 0.4) is 0 Å². The smallest absolute Gasteiger partial charge is 0.180 e. The number of anilines is 1. The molecule has 0 aliphatic carbocycles. The van der Waals surface area contributed by atoms with E-state index >= 15 is 0 Å². The van der Waals surface area contributed by atoms with Gasteiger partial charge in [0.2, 0.25) is 0 Å². The summed E-state index contributed by atoms with van der Waals surface area (Å²) in [5.74, 6) is 0. The van der Waals surface area contributed by atoms with Crippen LogP contribution in [0.4, 0.5) is 5.69 Å². The third kappa shape index (κ3) is 5.17. The maximum absolute atomic E-state index is 5.72. The first-order valence-corrected chi connectivity index (χ1v) is 10.3. The molecule has 1 aromatic carbocycles. The van der Waals surface area contributed by atoms with Crippen molar-refractivity contribution in [1.82, 2.24) is 10.2 Å². The van der Waals surface area contributed by atoms with Gasteiger partial charge in [0.05, 0.1) is 0 Å². The van der Waals surface area contributed by atoms with E-state index < -0.39 is 0 Å². The monoisotopic (exact) mass is 393 g/mol. The lowest BCUT2D eigenvalue weighted by Crippen LogP contribution is -2.54. The molecule has 1 aromatic rings. The van der Waals surface area contributed by atoms with Crippen LogP contribution in [0.15, 0.2) is 24.3 Å². The number of thiocarbonyl (C=S) groups is 2. The summed E-state index contributed by atoms with van der Waals surface area (Å²) in [6, 6.07) is 8.86. The maximum atomic E-state index is 5.72. The van der Waals surface area contributed by atoms with E-state index in [4.69, 9.17) is 24.4 Å². The van der Waals surface area contributed by atoms with Gasteiger partial charge in [-0.25, -0.2) is 0 Å². The highest BCUT2D eigenvalue weighted by atomic mass is 32.1. The van der Waals surface area contributed by atoms with Crippen molar-refractivity contribution in [3.63, 3.8) is 0 Å². The topological polar surface area (TPSA) is 18.5 Å². The van der Waals surface area contributed by atoms with Gasteiger partial charge in [0.15, 0.2) is 10.2 Å². The Balaban J connectivity index is 3.24. The predicted molar refractivity (Wildman–Crippen MR) is 123 cm³/mol. The van der Waals surface area contributed by atoms with Crippen molar-refractivity contribution >= 4 is 40.3 Å². The Morgan fingerprint density at radius 3 is 1.77 bits per heavy atom. The van der Waals surface area contributed by atoms with E-state index in [2.05, 4.69) is 76.0 Å². The summed E-state index contributed by atoms with van der Waals surface area (Å²) in [6.45, 7) is 13.4. The van der Waals surface area contributed by atoms with E-state index in [1.54, 1.807) is 0 Å². The van der Waals surface area contributed by atoms with Gasteiger partial charge in [-0.1, -0.05) is 39.8 Å². The van der Waals surface area contributed by atoms with Crippen LogP contribution in [0.2, 0.25) is 0 Å². The molecule has 0 bridgehead atoms. The van der Waals surface area contributed by atoms with Crippen molar-refractivity contribution in [2.75, 3.05) is 19.0 Å². The van der Waals surface area contributed by atoms with Gasteiger partial charge in [-0.05, 0) is 80.7 Å². The summed E-state index contributed by atoms with van der Waals surface area (Å²) in [5, 5.41) is 4.46. The fourth-order valence-electron chi connectivity index (χ4n) is 2.83. The SMILES string of the molecule is CCC(C)(CC)c1ccc(N(C(=S)NC(=S)N(C)C)C(C)(C)CC)cc1. The van der Waals surface area contributed by atoms with Crippen molar-refractivity contribution in [2.24, 2.45) is 0 Å². The number of benzene rings is 1. The van der Waals surface area contributed by atoms with Crippen LogP contribution in [-0.2, 0) is 5.41 Å². The molecule has 1 rings (SSSR count). The van der Waals surface area contributed by atoms with Crippen LogP contribution in [0.25, 0.3) is 0 Å². The second-order valence-corrected chi connectivity index (χ2v) is 8.72. The van der Waals surface area contributed by atoms with Crippen LogP contribution < -0.4 is 10.2 Å². The Morgan fingerprint density at radius 2 is 1.38 bits per heavy atom. The summed E-state index contributed by atoms with van der Waals surface area (Å²) in [7, 11) is 3.83. The number of hydrogen-bond donors (Lipinski definition) is 1. The lowest BCUT2D eigenvalue weighted by molar-refractivity contribution is 0.439. The third-order valence-corrected chi connectivity index (χ3v) is 6.43. The van der Waals surface area contributed by atoms with Crippen molar-refractivity contribution in [3.8, 4) is 0 Å². The van der Waals surface area contributed by atoms with Gasteiger partial charge >= 0.3 is 0 Å². The molecule has 0 unspecified atom stereocenters. The lowest BCUT2D eigenvalue weighted by Gasteiger charge is -2.40. The predicted octanol–water partition coefficient (Wildman–Crippen LogP) is 5.48. The second kappa shape index (κ2) is 9.14. The van der Waals surface area contributed by atoms with Gasteiger partial charge in [-0.15, -0.1) is 0 Å². The average molecular weight is 394 g/mol. The molecule has 0 aromatic heterocycles. The van der Waals surface area contributed by atoms with E-state index in [0.29, 0.717) is 10.2 Å². The molecule has 26 heavy (non-hydrogen) atoms. The van der Waals surface area contributed by atoms with Crippen molar-refractivity contribution in [3.05, 3.63) is 29.8 Å². The minimum atomic E-state index is -0.119. The van der Waals surface area contributed by atoms with Crippen LogP contribution in [-0.4, -0.2) is 34.8 Å². The molecule has 5 heteroatoms. The molecule has 0 aliphatic rings. The first-order valence-electron chi connectivity index (χ1n) is 9.45. The molecule has 0 fully saturated rings. The highest BCUT2D eigenvalue weighted by molar-refractivity contribution is 7.82. The minimum absolute atomic E-state index is 0.119. The molecule has 3 nitrogen and oxygen atoms in total. The molecule has 0 radical (unpaired) electrons. The molecule has 0 spiro atoms. The zero-order valence-corrected chi connectivity index (χ0v) is 19.3. The molecule has 0 saturated carbocycles. The largest absolute Gasteiger partial charge is 0.355 e. The van der Waals surface area contributed by atoms with Gasteiger partial charge in [-0.3, -0.25) is 0 Å². The summed E-state index contributed by atoms with van der Waals surface area (Å²) in [6.07, 6.45) is 3.22. The minimum Gasteiger partial charge on any atom is -0.355 e. The quantitative estimate of drug-likeness (QED) is 0.643. The third-order valence-electron chi connectivity index (χ3n) is 5.68. The number of nitrogens with one attached hydrogen (secondary N) is 1. The summed E-state index contributed by atoms with van der Waals surface area (Å²) < 4.78 is 0. The van der Waals surface area contributed by atoms with E-state index in [9.17, 15) is 0 Å². The van der Waals surface area contributed by atoms with E-state index in [1.165, 1.54) is 5.56 Å². The molecule has 0 amide bonds. The van der Waals surface area contributed by atoms with Crippen LogP contribution in [0, 0.1) is 0 Å². The molecule has 0 atom stereocenters. The maximum Gasteiger partial charge on any atom is 0.180 e. The van der Waals surface area contributed by atoms with E-state index in [1.807, 2.05) is 19.0 Å². The van der Waals surface area contributed by atoms with Crippen LogP contribution in [0.1, 0.15) is 66.4 Å². The zero-order chi connectivity index (χ0) is 20.1. The molecule has 0 heterocycles. The van der Waals surface area contributed by atoms with Crippen LogP contribution >= 0.6 is 24.4 Å². The number of hydrogen-bond acceptors (Lipinski definition) is 2. The summed E-state index contributed by atoms with van der Waals surface area (Å²) >= 11 is 11.1. The molecular weight excluding hydrogens is 358 g/mol.